The lowest BCUT2D eigenvalue weighted by molar-refractivity contribution is -0.319. The van der Waals surface area contributed by atoms with E-state index in [1.165, 1.54) is 27.9 Å². The molecule has 0 spiro atoms. The minimum Gasteiger partial charge on any atom is -0.466 e. The van der Waals surface area contributed by atoms with Gasteiger partial charge in [0.2, 0.25) is 0 Å². The largest absolute Gasteiger partial charge is 0.466 e. The molecule has 0 saturated carbocycles. The van der Waals surface area contributed by atoms with Crippen molar-refractivity contribution in [1.82, 2.24) is 4.90 Å². The van der Waals surface area contributed by atoms with Gasteiger partial charge in [-0.3, -0.25) is 19.2 Å². The molecular weight excluding hydrogens is 786 g/mol. The van der Waals surface area contributed by atoms with Gasteiger partial charge in [0.25, 0.3) is 0 Å². The standard InChI is InChI=1S/C43H75NO16/c1-15-29-43(11,52)36(48)24(5)33(47)22(3)20-41(9,51)38(25(6)34(26(7)39(50)57-29)59-32-21-42(10,53-14)37(49)27(8)56-32)60-40-35(28(44(12)13)19-23(4)55-40)58-31(46)18-17-30(45)54-16-2/h22-29,32,34-38,40,48-49,51-52H,15-21H2,1-14H3/t22?,23?,24-,25?,26?,27-,28?,29+,32-,34-,35?,36+,37-,38+,40-,41+,42+,43+/m0/s1. The fourth-order valence-corrected chi connectivity index (χ4v) is 9.17. The summed E-state index contributed by atoms with van der Waals surface area (Å²) in [7, 11) is 5.09. The number of carbonyl (C=O) groups excluding carboxylic acids is 4. The summed E-state index contributed by atoms with van der Waals surface area (Å²) in [6.07, 6.45) is -11.1. The zero-order valence-electron chi connectivity index (χ0n) is 38.2. The van der Waals surface area contributed by atoms with Crippen LogP contribution in [0.5, 0.6) is 0 Å². The molecule has 0 amide bonds. The quantitative estimate of drug-likeness (QED) is 0.163. The Hall–Kier alpha value is -2.32. The second-order valence-electron chi connectivity index (χ2n) is 18.2. The van der Waals surface area contributed by atoms with Gasteiger partial charge in [-0.05, 0) is 81.8 Å². The van der Waals surface area contributed by atoms with E-state index < -0.39 is 132 Å². The zero-order valence-corrected chi connectivity index (χ0v) is 38.2. The third-order valence-electron chi connectivity index (χ3n) is 12.9. The van der Waals surface area contributed by atoms with Crippen LogP contribution in [0.2, 0.25) is 0 Å². The topological polar surface area (TPSA) is 226 Å². The summed E-state index contributed by atoms with van der Waals surface area (Å²) in [6, 6.07) is -0.443. The van der Waals surface area contributed by atoms with Gasteiger partial charge < -0.3 is 63.2 Å². The molecule has 3 saturated heterocycles. The molecule has 3 aliphatic rings. The molecule has 0 aliphatic carbocycles. The van der Waals surface area contributed by atoms with E-state index in [-0.39, 0.29) is 38.7 Å². The Kier molecular flexibility index (Phi) is 18.5. The number of aliphatic hydroxyl groups excluding tert-OH is 2. The summed E-state index contributed by atoms with van der Waals surface area (Å²) in [6.45, 7) is 17.9. The maximum atomic E-state index is 14.3. The van der Waals surface area contributed by atoms with E-state index in [9.17, 15) is 39.6 Å². The third kappa shape index (κ3) is 12.2. The molecular formula is C43H75NO16. The minimum absolute atomic E-state index is 0.0431. The molecule has 18 atom stereocenters. The maximum Gasteiger partial charge on any atom is 0.311 e. The van der Waals surface area contributed by atoms with Crippen LogP contribution in [0.25, 0.3) is 0 Å². The molecule has 0 bridgehead atoms. The first kappa shape index (κ1) is 52.0. The Bertz CT molecular complexity index is 1440. The molecule has 17 nitrogen and oxygen atoms in total. The number of cyclic esters (lactones) is 1. The first-order chi connectivity index (χ1) is 27.8. The average Bonchev–Trinajstić information content (AvgIpc) is 3.17. The highest BCUT2D eigenvalue weighted by atomic mass is 16.7. The van der Waals surface area contributed by atoms with Gasteiger partial charge in [-0.2, -0.15) is 0 Å². The van der Waals surface area contributed by atoms with Crippen molar-refractivity contribution in [2.24, 2.45) is 23.7 Å². The van der Waals surface area contributed by atoms with Crippen molar-refractivity contribution in [3.8, 4) is 0 Å². The highest BCUT2D eigenvalue weighted by Gasteiger charge is 2.54. The number of rotatable bonds is 12. The predicted octanol–water partition coefficient (Wildman–Crippen LogP) is 2.68. The molecule has 4 N–H and O–H groups in total. The van der Waals surface area contributed by atoms with Crippen LogP contribution in [0, 0.1) is 23.7 Å². The average molecular weight is 862 g/mol. The van der Waals surface area contributed by atoms with Gasteiger partial charge in [-0.1, -0.05) is 27.7 Å². The SMILES string of the molecule is CCOC(=O)CCC(=O)OC1C(N(C)C)CC(C)O[C@H]1O[C@@H]1C(C)[C@H](O[C@H]2C[C@@](C)(OC)[C@@H](O)[C@H](C)O2)C(C)C(=O)O[C@H](CC)[C@@](C)(O)[C@H](O)[C@@H](C)C(=O)C(C)C[C@@]1(C)O. The van der Waals surface area contributed by atoms with E-state index in [2.05, 4.69) is 0 Å². The van der Waals surface area contributed by atoms with Crippen molar-refractivity contribution in [3.63, 3.8) is 0 Å². The van der Waals surface area contributed by atoms with E-state index >= 15 is 0 Å². The first-order valence-electron chi connectivity index (χ1n) is 21.5. The Morgan fingerprint density at radius 2 is 1.47 bits per heavy atom. The van der Waals surface area contributed by atoms with Crippen molar-refractivity contribution in [2.45, 2.75) is 199 Å². The van der Waals surface area contributed by atoms with Crippen LogP contribution in [0.1, 0.15) is 115 Å². The Balaban J connectivity index is 2.22. The van der Waals surface area contributed by atoms with Crippen LogP contribution < -0.4 is 0 Å². The highest BCUT2D eigenvalue weighted by Crippen LogP contribution is 2.41. The molecule has 3 heterocycles. The van der Waals surface area contributed by atoms with E-state index in [0.29, 0.717) is 6.42 Å². The molecule has 3 aliphatic heterocycles. The lowest BCUT2D eigenvalue weighted by Crippen LogP contribution is -2.61. The van der Waals surface area contributed by atoms with Gasteiger partial charge in [0.15, 0.2) is 18.7 Å². The van der Waals surface area contributed by atoms with Crippen LogP contribution in [0.4, 0.5) is 0 Å². The number of aliphatic hydroxyl groups is 4. The Morgan fingerprint density at radius 1 is 0.850 bits per heavy atom. The summed E-state index contributed by atoms with van der Waals surface area (Å²) in [5.74, 6) is -6.64. The summed E-state index contributed by atoms with van der Waals surface area (Å²) >= 11 is 0. The molecule has 0 radical (unpaired) electrons. The van der Waals surface area contributed by atoms with Crippen LogP contribution in [-0.4, -0.2) is 161 Å². The van der Waals surface area contributed by atoms with E-state index in [1.807, 2.05) is 25.9 Å². The summed E-state index contributed by atoms with van der Waals surface area (Å²) in [5, 5.41) is 46.8. The number of nitrogens with zero attached hydrogens (tertiary/aromatic N) is 1. The van der Waals surface area contributed by atoms with Crippen molar-refractivity contribution >= 4 is 23.7 Å². The summed E-state index contributed by atoms with van der Waals surface area (Å²) in [5.41, 5.74) is -5.06. The normalized spacial score (nSPS) is 43.8. The van der Waals surface area contributed by atoms with Gasteiger partial charge in [-0.15, -0.1) is 0 Å². The molecule has 348 valence electrons. The number of hydrogen-bond acceptors (Lipinski definition) is 17. The molecule has 6 unspecified atom stereocenters. The second-order valence-corrected chi connectivity index (χ2v) is 18.2. The second kappa shape index (κ2) is 21.4. The number of likely N-dealkylation sites (N-methyl/N-ethyl adjacent to an activating group) is 1. The van der Waals surface area contributed by atoms with Gasteiger partial charge >= 0.3 is 17.9 Å². The van der Waals surface area contributed by atoms with Crippen molar-refractivity contribution < 1.29 is 77.5 Å². The summed E-state index contributed by atoms with van der Waals surface area (Å²) in [4.78, 5) is 55.6. The van der Waals surface area contributed by atoms with E-state index in [1.54, 1.807) is 48.5 Å². The predicted molar refractivity (Wildman–Crippen MR) is 216 cm³/mol. The number of methoxy groups -OCH3 is 1. The molecule has 17 heteroatoms. The minimum atomic E-state index is -2.04. The van der Waals surface area contributed by atoms with Crippen LogP contribution in [0.3, 0.4) is 0 Å². The smallest absolute Gasteiger partial charge is 0.311 e. The lowest BCUT2D eigenvalue weighted by atomic mass is 9.74. The monoisotopic (exact) mass is 862 g/mol. The van der Waals surface area contributed by atoms with Crippen LogP contribution in [0.15, 0.2) is 0 Å². The van der Waals surface area contributed by atoms with Gasteiger partial charge in [-0.25, -0.2) is 0 Å². The van der Waals surface area contributed by atoms with Crippen molar-refractivity contribution in [1.29, 1.82) is 0 Å². The Morgan fingerprint density at radius 3 is 2.03 bits per heavy atom. The number of ketones is 1. The highest BCUT2D eigenvalue weighted by molar-refractivity contribution is 5.83. The molecule has 0 aromatic heterocycles. The fraction of sp³-hybridized carbons (Fsp3) is 0.907. The molecule has 0 aromatic rings. The van der Waals surface area contributed by atoms with Crippen molar-refractivity contribution in [2.75, 3.05) is 27.8 Å². The number of Topliss-reactive ketones (excluding diaryl/α,β-unsaturated/α-hetero) is 1. The van der Waals surface area contributed by atoms with Crippen LogP contribution >= 0.6 is 0 Å². The number of esters is 3. The van der Waals surface area contributed by atoms with Crippen molar-refractivity contribution in [3.05, 3.63) is 0 Å². The first-order valence-corrected chi connectivity index (χ1v) is 21.5. The van der Waals surface area contributed by atoms with Crippen LogP contribution in [-0.2, 0) is 57.1 Å². The summed E-state index contributed by atoms with van der Waals surface area (Å²) < 4.78 is 48.8. The molecule has 3 rings (SSSR count). The molecule has 0 aromatic carbocycles. The van der Waals surface area contributed by atoms with Gasteiger partial charge in [0.1, 0.15) is 23.6 Å². The number of hydrogen-bond donors (Lipinski definition) is 4. The van der Waals surface area contributed by atoms with E-state index in [4.69, 9.17) is 37.9 Å². The zero-order chi connectivity index (χ0) is 45.7. The third-order valence-corrected chi connectivity index (χ3v) is 12.9. The van der Waals surface area contributed by atoms with E-state index in [0.717, 1.165) is 0 Å². The number of ether oxygens (including phenoxy) is 8. The van der Waals surface area contributed by atoms with Gasteiger partial charge in [0.05, 0.1) is 73.1 Å². The number of carbonyl (C=O) groups is 4. The van der Waals surface area contributed by atoms with Gasteiger partial charge in [0, 0.05) is 31.3 Å². The maximum absolute atomic E-state index is 14.3. The molecule has 3 fully saturated rings. The lowest BCUT2D eigenvalue weighted by Gasteiger charge is -2.49. The molecule has 60 heavy (non-hydrogen) atoms. The fourth-order valence-electron chi connectivity index (χ4n) is 9.17. The Labute approximate surface area is 356 Å².